The first kappa shape index (κ1) is 16.5. The zero-order valence-corrected chi connectivity index (χ0v) is 12.6. The fourth-order valence-corrected chi connectivity index (χ4v) is 1.98. The quantitative estimate of drug-likeness (QED) is 0.703. The molecule has 0 radical (unpaired) electrons. The molecule has 112 valence electrons. The van der Waals surface area contributed by atoms with Crippen molar-refractivity contribution in [2.75, 3.05) is 32.5 Å². The van der Waals surface area contributed by atoms with E-state index in [2.05, 4.69) is 10.2 Å². The zero-order chi connectivity index (χ0) is 15.0. The van der Waals surface area contributed by atoms with Gasteiger partial charge in [-0.05, 0) is 31.2 Å². The van der Waals surface area contributed by atoms with Crippen molar-refractivity contribution in [2.45, 2.75) is 26.4 Å². The van der Waals surface area contributed by atoms with E-state index in [9.17, 15) is 4.79 Å². The largest absolute Gasteiger partial charge is 0.399 e. The van der Waals surface area contributed by atoms with Crippen molar-refractivity contribution < 1.29 is 9.53 Å². The van der Waals surface area contributed by atoms with Crippen LogP contribution in [0.4, 0.5) is 5.69 Å². The minimum absolute atomic E-state index is 0.0202. The molecule has 20 heavy (non-hydrogen) atoms. The summed E-state index contributed by atoms with van der Waals surface area (Å²) in [6.45, 7) is 6.44. The Morgan fingerprint density at radius 2 is 2.05 bits per heavy atom. The SMILES string of the molecule is CCN(CC(=O)NC(C)COC)Cc1ccc(N)cc1. The van der Waals surface area contributed by atoms with Crippen LogP contribution in [0, 0.1) is 0 Å². The van der Waals surface area contributed by atoms with Crippen LogP contribution in [0.3, 0.4) is 0 Å². The molecule has 0 saturated heterocycles. The van der Waals surface area contributed by atoms with Crippen molar-refractivity contribution in [3.63, 3.8) is 0 Å². The number of rotatable bonds is 8. The Bertz CT molecular complexity index is 406. The first-order valence-corrected chi connectivity index (χ1v) is 6.90. The summed E-state index contributed by atoms with van der Waals surface area (Å²) in [5, 5.41) is 2.91. The van der Waals surface area contributed by atoms with Crippen LogP contribution in [0.2, 0.25) is 0 Å². The summed E-state index contributed by atoms with van der Waals surface area (Å²) in [6, 6.07) is 7.77. The second-order valence-electron chi connectivity index (χ2n) is 4.97. The average Bonchev–Trinajstić information content (AvgIpc) is 2.40. The lowest BCUT2D eigenvalue weighted by atomic mass is 10.2. The van der Waals surface area contributed by atoms with Crippen LogP contribution in [-0.2, 0) is 16.1 Å². The Hall–Kier alpha value is -1.59. The predicted octanol–water partition coefficient (Wildman–Crippen LogP) is 1.24. The highest BCUT2D eigenvalue weighted by molar-refractivity contribution is 5.78. The first-order valence-electron chi connectivity index (χ1n) is 6.90. The van der Waals surface area contributed by atoms with Crippen molar-refractivity contribution in [1.29, 1.82) is 0 Å². The van der Waals surface area contributed by atoms with Gasteiger partial charge in [0.2, 0.25) is 5.91 Å². The summed E-state index contributed by atoms with van der Waals surface area (Å²) in [7, 11) is 1.63. The molecule has 0 aliphatic heterocycles. The maximum absolute atomic E-state index is 11.9. The molecule has 0 aliphatic rings. The van der Waals surface area contributed by atoms with Gasteiger partial charge in [0.25, 0.3) is 0 Å². The van der Waals surface area contributed by atoms with Gasteiger partial charge in [0.1, 0.15) is 0 Å². The van der Waals surface area contributed by atoms with Gasteiger partial charge >= 0.3 is 0 Å². The Morgan fingerprint density at radius 1 is 1.40 bits per heavy atom. The number of nitrogens with one attached hydrogen (secondary N) is 1. The second kappa shape index (κ2) is 8.55. The third-order valence-electron chi connectivity index (χ3n) is 3.02. The summed E-state index contributed by atoms with van der Waals surface area (Å²) in [6.07, 6.45) is 0. The lowest BCUT2D eigenvalue weighted by Crippen LogP contribution is -2.42. The summed E-state index contributed by atoms with van der Waals surface area (Å²) in [5.74, 6) is 0.0202. The highest BCUT2D eigenvalue weighted by atomic mass is 16.5. The van der Waals surface area contributed by atoms with Crippen molar-refractivity contribution in [3.05, 3.63) is 29.8 Å². The molecule has 0 heterocycles. The number of nitrogens with two attached hydrogens (primary N) is 1. The molecule has 0 bridgehead atoms. The van der Waals surface area contributed by atoms with Gasteiger partial charge in [0, 0.05) is 25.4 Å². The maximum atomic E-state index is 11.9. The van der Waals surface area contributed by atoms with Crippen molar-refractivity contribution in [3.8, 4) is 0 Å². The van der Waals surface area contributed by atoms with Gasteiger partial charge in [0.05, 0.1) is 13.2 Å². The van der Waals surface area contributed by atoms with Gasteiger partial charge in [-0.1, -0.05) is 19.1 Å². The molecule has 1 rings (SSSR count). The highest BCUT2D eigenvalue weighted by Crippen LogP contribution is 2.08. The molecule has 5 nitrogen and oxygen atoms in total. The van der Waals surface area contributed by atoms with E-state index in [0.717, 1.165) is 24.3 Å². The van der Waals surface area contributed by atoms with E-state index in [1.165, 1.54) is 0 Å². The minimum Gasteiger partial charge on any atom is -0.399 e. The highest BCUT2D eigenvalue weighted by Gasteiger charge is 2.12. The number of amides is 1. The number of benzene rings is 1. The number of hydrogen-bond donors (Lipinski definition) is 2. The fourth-order valence-electron chi connectivity index (χ4n) is 1.98. The Balaban J connectivity index is 2.46. The fraction of sp³-hybridized carbons (Fsp3) is 0.533. The van der Waals surface area contributed by atoms with Gasteiger partial charge < -0.3 is 15.8 Å². The average molecular weight is 279 g/mol. The van der Waals surface area contributed by atoms with Crippen LogP contribution >= 0.6 is 0 Å². The first-order chi connectivity index (χ1) is 9.55. The van der Waals surface area contributed by atoms with Crippen molar-refractivity contribution in [1.82, 2.24) is 10.2 Å². The Labute approximate surface area is 121 Å². The van der Waals surface area contributed by atoms with Gasteiger partial charge in [-0.15, -0.1) is 0 Å². The van der Waals surface area contributed by atoms with Gasteiger partial charge in [-0.25, -0.2) is 0 Å². The standard InChI is InChI=1S/C15H25N3O2/c1-4-18(9-13-5-7-14(16)8-6-13)10-15(19)17-12(2)11-20-3/h5-8,12H,4,9-11,16H2,1-3H3,(H,17,19). The third-order valence-corrected chi connectivity index (χ3v) is 3.02. The van der Waals surface area contributed by atoms with Crippen LogP contribution in [0.15, 0.2) is 24.3 Å². The summed E-state index contributed by atoms with van der Waals surface area (Å²) < 4.78 is 5.00. The molecule has 1 aromatic carbocycles. The smallest absolute Gasteiger partial charge is 0.234 e. The lowest BCUT2D eigenvalue weighted by Gasteiger charge is -2.21. The molecular weight excluding hydrogens is 254 g/mol. The molecule has 5 heteroatoms. The monoisotopic (exact) mass is 279 g/mol. The number of carbonyl (C=O) groups excluding carboxylic acids is 1. The van der Waals surface area contributed by atoms with Gasteiger partial charge in [-0.2, -0.15) is 0 Å². The van der Waals surface area contributed by atoms with Crippen LogP contribution < -0.4 is 11.1 Å². The molecule has 0 aliphatic carbocycles. The molecule has 1 amide bonds. The van der Waals surface area contributed by atoms with Gasteiger partial charge in [-0.3, -0.25) is 9.69 Å². The summed E-state index contributed by atoms with van der Waals surface area (Å²) in [5.41, 5.74) is 7.57. The van der Waals surface area contributed by atoms with Crippen LogP contribution in [0.25, 0.3) is 0 Å². The molecule has 1 atom stereocenters. The number of carbonyl (C=O) groups is 1. The van der Waals surface area contributed by atoms with E-state index in [0.29, 0.717) is 13.2 Å². The zero-order valence-electron chi connectivity index (χ0n) is 12.6. The van der Waals surface area contributed by atoms with Gasteiger partial charge in [0.15, 0.2) is 0 Å². The van der Waals surface area contributed by atoms with Crippen molar-refractivity contribution in [2.24, 2.45) is 0 Å². The van der Waals surface area contributed by atoms with E-state index in [-0.39, 0.29) is 11.9 Å². The lowest BCUT2D eigenvalue weighted by molar-refractivity contribution is -0.123. The van der Waals surface area contributed by atoms with Crippen LogP contribution in [-0.4, -0.2) is 43.7 Å². The van der Waals surface area contributed by atoms with E-state index < -0.39 is 0 Å². The number of methoxy groups -OCH3 is 1. The molecular formula is C15H25N3O2. The molecule has 0 spiro atoms. The third kappa shape index (κ3) is 6.04. The number of hydrogen-bond acceptors (Lipinski definition) is 4. The second-order valence-corrected chi connectivity index (χ2v) is 4.97. The Kier molecular flexibility index (Phi) is 7.04. The number of likely N-dealkylation sites (N-methyl/N-ethyl adjacent to an activating group) is 1. The topological polar surface area (TPSA) is 67.6 Å². The molecule has 1 aromatic rings. The molecule has 0 saturated carbocycles. The summed E-state index contributed by atoms with van der Waals surface area (Å²) in [4.78, 5) is 14.0. The van der Waals surface area contributed by atoms with Crippen LogP contribution in [0.5, 0.6) is 0 Å². The minimum atomic E-state index is 0.0202. The number of anilines is 1. The molecule has 3 N–H and O–H groups in total. The van der Waals surface area contributed by atoms with E-state index in [1.54, 1.807) is 7.11 Å². The number of nitrogens with zero attached hydrogens (tertiary/aromatic N) is 1. The van der Waals surface area contributed by atoms with E-state index in [4.69, 9.17) is 10.5 Å². The Morgan fingerprint density at radius 3 is 2.60 bits per heavy atom. The molecule has 0 aromatic heterocycles. The molecule has 1 unspecified atom stereocenters. The van der Waals surface area contributed by atoms with E-state index in [1.807, 2.05) is 38.1 Å². The van der Waals surface area contributed by atoms with Crippen molar-refractivity contribution >= 4 is 11.6 Å². The number of nitrogen functional groups attached to an aromatic ring is 1. The van der Waals surface area contributed by atoms with E-state index >= 15 is 0 Å². The number of ether oxygens (including phenoxy) is 1. The van der Waals surface area contributed by atoms with Crippen LogP contribution in [0.1, 0.15) is 19.4 Å². The summed E-state index contributed by atoms with van der Waals surface area (Å²) >= 11 is 0. The predicted molar refractivity (Wildman–Crippen MR) is 81.3 cm³/mol. The normalized spacial score (nSPS) is 12.4. The molecule has 0 fully saturated rings. The maximum Gasteiger partial charge on any atom is 0.234 e.